The van der Waals surface area contributed by atoms with Gasteiger partial charge in [-0.25, -0.2) is 8.78 Å². The molecule has 0 aliphatic heterocycles. The van der Waals surface area contributed by atoms with Gasteiger partial charge >= 0.3 is 0 Å². The van der Waals surface area contributed by atoms with Crippen LogP contribution in [0.15, 0.2) is 72.8 Å². The third kappa shape index (κ3) is 5.44. The minimum atomic E-state index is -0.718. The van der Waals surface area contributed by atoms with Crippen molar-refractivity contribution >= 4 is 0 Å². The number of likely N-dealkylation sites (N-methyl/N-ethyl adjacent to an activating group) is 1. The second kappa shape index (κ2) is 10.1. The molecule has 0 heterocycles. The van der Waals surface area contributed by atoms with Crippen LogP contribution in [0.25, 0.3) is 0 Å². The molecule has 1 aliphatic rings. The van der Waals surface area contributed by atoms with E-state index in [0.29, 0.717) is 12.2 Å². The Labute approximate surface area is 187 Å². The Morgan fingerprint density at radius 3 is 2.47 bits per heavy atom. The van der Waals surface area contributed by atoms with Crippen LogP contribution in [0.1, 0.15) is 24.8 Å². The van der Waals surface area contributed by atoms with E-state index in [1.807, 2.05) is 25.2 Å². The number of nitrogens with zero attached hydrogens (tertiary/aromatic N) is 1. The van der Waals surface area contributed by atoms with Crippen LogP contribution in [0.5, 0.6) is 17.2 Å². The average Bonchev–Trinajstić information content (AvgIpc) is 2.77. The summed E-state index contributed by atoms with van der Waals surface area (Å²) in [6.07, 6.45) is 1.25. The molecule has 3 aromatic rings. The molecule has 6 heteroatoms. The Morgan fingerprint density at radius 2 is 1.69 bits per heavy atom. The van der Waals surface area contributed by atoms with E-state index in [-0.39, 0.29) is 17.5 Å². The maximum absolute atomic E-state index is 13.9. The van der Waals surface area contributed by atoms with Gasteiger partial charge in [-0.15, -0.1) is 0 Å². The summed E-state index contributed by atoms with van der Waals surface area (Å²) in [6, 6.07) is 19.6. The zero-order valence-electron chi connectivity index (χ0n) is 18.0. The van der Waals surface area contributed by atoms with Gasteiger partial charge in [-0.3, -0.25) is 4.90 Å². The lowest BCUT2D eigenvalue weighted by Crippen LogP contribution is -2.51. The zero-order valence-corrected chi connectivity index (χ0v) is 18.0. The minimum absolute atomic E-state index is 0.0676. The van der Waals surface area contributed by atoms with Crippen molar-refractivity contribution in [1.29, 1.82) is 0 Å². The van der Waals surface area contributed by atoms with Crippen molar-refractivity contribution in [2.24, 2.45) is 0 Å². The third-order valence-electron chi connectivity index (χ3n) is 5.81. The summed E-state index contributed by atoms with van der Waals surface area (Å²) < 4.78 is 39.2. The van der Waals surface area contributed by atoms with E-state index in [1.54, 1.807) is 6.07 Å². The maximum Gasteiger partial charge on any atom is 0.172 e. The fourth-order valence-corrected chi connectivity index (χ4v) is 4.20. The summed E-state index contributed by atoms with van der Waals surface area (Å²) in [5.74, 6) is -0.250. The van der Waals surface area contributed by atoms with Crippen LogP contribution in [0.4, 0.5) is 8.78 Å². The second-order valence-corrected chi connectivity index (χ2v) is 8.20. The van der Waals surface area contributed by atoms with Crippen molar-refractivity contribution < 1.29 is 23.4 Å². The average molecular weight is 440 g/mol. The number of aliphatic hydroxyl groups excluding tert-OH is 1. The van der Waals surface area contributed by atoms with E-state index < -0.39 is 23.8 Å². The lowest BCUT2D eigenvalue weighted by Gasteiger charge is -2.39. The Kier molecular flexibility index (Phi) is 7.02. The second-order valence-electron chi connectivity index (χ2n) is 8.20. The highest BCUT2D eigenvalue weighted by Gasteiger charge is 2.36. The molecular weight excluding hydrogens is 412 g/mol. The highest BCUT2D eigenvalue weighted by atomic mass is 19.1. The van der Waals surface area contributed by atoms with Gasteiger partial charge in [0.15, 0.2) is 11.5 Å². The van der Waals surface area contributed by atoms with E-state index in [2.05, 4.69) is 17.0 Å². The molecule has 168 valence electrons. The van der Waals surface area contributed by atoms with Crippen molar-refractivity contribution in [3.8, 4) is 17.2 Å². The number of hydrogen-bond donors (Lipinski definition) is 1. The van der Waals surface area contributed by atoms with Gasteiger partial charge in [0, 0.05) is 24.7 Å². The topological polar surface area (TPSA) is 41.9 Å². The SMILES string of the molecule is CN(Cc1ccccc1)[C@@H]1CCC[C@@H](Oc2ccc(F)cc2Oc2cccc(F)c2)[C@@H]1O. The fraction of sp³-hybridized carbons (Fsp3) is 0.308. The lowest BCUT2D eigenvalue weighted by molar-refractivity contribution is -0.0497. The van der Waals surface area contributed by atoms with Crippen molar-refractivity contribution in [3.05, 3.63) is 90.0 Å². The number of rotatable bonds is 7. The van der Waals surface area contributed by atoms with Gasteiger partial charge in [0.2, 0.25) is 0 Å². The molecule has 1 fully saturated rings. The van der Waals surface area contributed by atoms with E-state index in [1.165, 1.54) is 42.0 Å². The van der Waals surface area contributed by atoms with Crippen LogP contribution in [0.3, 0.4) is 0 Å². The van der Waals surface area contributed by atoms with Gasteiger partial charge < -0.3 is 14.6 Å². The van der Waals surface area contributed by atoms with Crippen LogP contribution in [-0.2, 0) is 6.54 Å². The quantitative estimate of drug-likeness (QED) is 0.524. The fourth-order valence-electron chi connectivity index (χ4n) is 4.20. The van der Waals surface area contributed by atoms with Gasteiger partial charge in [-0.05, 0) is 56.1 Å². The molecule has 0 amide bonds. The molecule has 4 rings (SSSR count). The van der Waals surface area contributed by atoms with E-state index >= 15 is 0 Å². The monoisotopic (exact) mass is 439 g/mol. The predicted molar refractivity (Wildman–Crippen MR) is 119 cm³/mol. The Balaban J connectivity index is 1.48. The predicted octanol–water partition coefficient (Wildman–Crippen LogP) is 5.55. The molecule has 0 unspecified atom stereocenters. The third-order valence-corrected chi connectivity index (χ3v) is 5.81. The summed E-state index contributed by atoms with van der Waals surface area (Å²) in [6.45, 7) is 0.722. The van der Waals surface area contributed by atoms with E-state index in [0.717, 1.165) is 19.4 Å². The smallest absolute Gasteiger partial charge is 0.172 e. The zero-order chi connectivity index (χ0) is 22.5. The Bertz CT molecular complexity index is 1030. The lowest BCUT2D eigenvalue weighted by atomic mass is 9.88. The molecule has 0 radical (unpaired) electrons. The van der Waals surface area contributed by atoms with Crippen molar-refractivity contribution in [1.82, 2.24) is 4.90 Å². The summed E-state index contributed by atoms with van der Waals surface area (Å²) >= 11 is 0. The van der Waals surface area contributed by atoms with Gasteiger partial charge in [-0.1, -0.05) is 36.4 Å². The van der Waals surface area contributed by atoms with Crippen molar-refractivity contribution in [2.75, 3.05) is 7.05 Å². The first-order valence-corrected chi connectivity index (χ1v) is 10.8. The molecule has 0 saturated heterocycles. The number of benzene rings is 3. The number of hydrogen-bond acceptors (Lipinski definition) is 4. The number of ether oxygens (including phenoxy) is 2. The highest BCUT2D eigenvalue weighted by molar-refractivity contribution is 5.43. The Morgan fingerprint density at radius 1 is 0.906 bits per heavy atom. The maximum atomic E-state index is 13.9. The van der Waals surface area contributed by atoms with Gasteiger partial charge in [0.25, 0.3) is 0 Å². The normalized spacial score (nSPS) is 20.8. The van der Waals surface area contributed by atoms with Gasteiger partial charge in [0.05, 0.1) is 0 Å². The molecule has 3 atom stereocenters. The van der Waals surface area contributed by atoms with E-state index in [4.69, 9.17) is 9.47 Å². The van der Waals surface area contributed by atoms with Crippen molar-refractivity contribution in [2.45, 2.75) is 44.1 Å². The van der Waals surface area contributed by atoms with Gasteiger partial charge in [-0.2, -0.15) is 0 Å². The summed E-state index contributed by atoms with van der Waals surface area (Å²) in [5, 5.41) is 11.1. The number of halogens is 2. The number of aliphatic hydroxyl groups is 1. The van der Waals surface area contributed by atoms with E-state index in [9.17, 15) is 13.9 Å². The van der Waals surface area contributed by atoms with Crippen molar-refractivity contribution in [3.63, 3.8) is 0 Å². The highest BCUT2D eigenvalue weighted by Crippen LogP contribution is 2.36. The first-order valence-electron chi connectivity index (χ1n) is 10.8. The van der Waals surface area contributed by atoms with Crippen LogP contribution >= 0.6 is 0 Å². The van der Waals surface area contributed by atoms with Crippen LogP contribution in [0, 0.1) is 11.6 Å². The molecule has 1 N–H and O–H groups in total. The molecule has 0 aromatic heterocycles. The standard InChI is InChI=1S/C26H27F2NO3/c1-29(17-18-7-3-2-4-8-18)22-11-6-12-24(26(22)30)32-23-14-13-20(28)16-25(23)31-21-10-5-9-19(27)15-21/h2-5,7-10,13-16,22,24,26,30H,6,11-12,17H2,1H3/t22-,24-,26-/m1/s1. The first-order chi connectivity index (χ1) is 15.5. The summed E-state index contributed by atoms with van der Waals surface area (Å²) in [7, 11) is 2.00. The molecule has 32 heavy (non-hydrogen) atoms. The van der Waals surface area contributed by atoms with Gasteiger partial charge in [0.1, 0.15) is 29.6 Å². The summed E-state index contributed by atoms with van der Waals surface area (Å²) in [4.78, 5) is 2.14. The largest absolute Gasteiger partial charge is 0.484 e. The molecule has 0 bridgehead atoms. The van der Waals surface area contributed by atoms with Crippen LogP contribution in [-0.4, -0.2) is 35.3 Å². The minimum Gasteiger partial charge on any atom is -0.484 e. The van der Waals surface area contributed by atoms with Crippen LogP contribution < -0.4 is 9.47 Å². The Hall–Kier alpha value is -2.96. The molecule has 1 saturated carbocycles. The van der Waals surface area contributed by atoms with Crippen LogP contribution in [0.2, 0.25) is 0 Å². The molecule has 4 nitrogen and oxygen atoms in total. The summed E-state index contributed by atoms with van der Waals surface area (Å²) in [5.41, 5.74) is 1.18. The molecule has 1 aliphatic carbocycles. The first kappa shape index (κ1) is 22.2. The molecule has 3 aromatic carbocycles. The molecule has 0 spiro atoms. The molecular formula is C26H27F2NO3.